The first kappa shape index (κ1) is 16.5. The summed E-state index contributed by atoms with van der Waals surface area (Å²) in [5.41, 5.74) is 0.820. The average Bonchev–Trinajstić information content (AvgIpc) is 2.25. The van der Waals surface area contributed by atoms with E-state index in [1.807, 2.05) is 30.9 Å². The largest absolute Gasteiger partial charge is 0.390 e. The number of allylic oxidation sites excluding steroid dienone is 1. The Balaban J connectivity index is 2.52. The lowest BCUT2D eigenvalue weighted by atomic mass is 10.0. The van der Waals surface area contributed by atoms with E-state index in [1.54, 1.807) is 0 Å². The quantitative estimate of drug-likeness (QED) is 0.756. The molecule has 19 heavy (non-hydrogen) atoms. The van der Waals surface area contributed by atoms with Crippen molar-refractivity contribution in [3.05, 3.63) is 12.3 Å². The maximum atomic E-state index is 11.6. The van der Waals surface area contributed by atoms with Crippen LogP contribution >= 0.6 is 0 Å². The summed E-state index contributed by atoms with van der Waals surface area (Å²) in [7, 11) is 2.76. The lowest BCUT2D eigenvalue weighted by Gasteiger charge is -2.32. The Labute approximate surface area is 116 Å². The van der Waals surface area contributed by atoms with E-state index in [2.05, 4.69) is 6.58 Å². The zero-order valence-corrected chi connectivity index (χ0v) is 13.0. The van der Waals surface area contributed by atoms with Gasteiger partial charge in [0.1, 0.15) is 0 Å². The molecule has 0 aromatic heterocycles. The molecule has 0 aromatic carbocycles. The van der Waals surface area contributed by atoms with Crippen LogP contribution in [0.15, 0.2) is 12.3 Å². The number of rotatable bonds is 6. The molecule has 0 radical (unpaired) electrons. The molecule has 0 bridgehead atoms. The van der Waals surface area contributed by atoms with Crippen molar-refractivity contribution in [2.24, 2.45) is 5.92 Å². The van der Waals surface area contributed by atoms with Gasteiger partial charge in [0.05, 0.1) is 17.6 Å². The van der Waals surface area contributed by atoms with Crippen LogP contribution in [0.2, 0.25) is 0 Å². The first-order valence-electron chi connectivity index (χ1n) is 6.64. The van der Waals surface area contributed by atoms with Crippen LogP contribution in [0, 0.1) is 5.92 Å². The molecule has 2 unspecified atom stereocenters. The Bertz CT molecular complexity index is 406. The number of hydrogen-bond acceptors (Lipinski definition) is 5. The van der Waals surface area contributed by atoms with Crippen LogP contribution in [0.5, 0.6) is 0 Å². The van der Waals surface area contributed by atoms with Gasteiger partial charge in [-0.1, -0.05) is 6.58 Å². The molecular formula is C13H26N2O3S. The van der Waals surface area contributed by atoms with Crippen LogP contribution in [-0.4, -0.2) is 75.2 Å². The van der Waals surface area contributed by atoms with Gasteiger partial charge >= 0.3 is 0 Å². The molecule has 1 heterocycles. The third-order valence-corrected chi connectivity index (χ3v) is 5.31. The third kappa shape index (κ3) is 5.50. The fraction of sp³-hybridized carbons (Fsp3) is 0.846. The highest BCUT2D eigenvalue weighted by Crippen LogP contribution is 2.25. The van der Waals surface area contributed by atoms with Gasteiger partial charge in [-0.3, -0.25) is 0 Å². The number of hydrogen-bond donors (Lipinski definition) is 1. The van der Waals surface area contributed by atoms with E-state index in [4.69, 9.17) is 0 Å². The molecule has 1 aliphatic rings. The Morgan fingerprint density at radius 1 is 1.37 bits per heavy atom. The Kier molecular flexibility index (Phi) is 5.82. The summed E-state index contributed by atoms with van der Waals surface area (Å²) in [6.45, 7) is 5.08. The van der Waals surface area contributed by atoms with E-state index in [0.29, 0.717) is 25.3 Å². The summed E-state index contributed by atoms with van der Waals surface area (Å²) < 4.78 is 23.3. The van der Waals surface area contributed by atoms with E-state index in [-0.39, 0.29) is 11.7 Å². The number of aliphatic hydroxyl groups is 1. The molecule has 1 aliphatic heterocycles. The fourth-order valence-corrected chi connectivity index (χ4v) is 4.26. The zero-order chi connectivity index (χ0) is 14.6. The lowest BCUT2D eigenvalue weighted by Crippen LogP contribution is -2.38. The van der Waals surface area contributed by atoms with Gasteiger partial charge in [0, 0.05) is 31.8 Å². The number of nitrogens with zero attached hydrogens (tertiary/aromatic N) is 2. The van der Waals surface area contributed by atoms with Gasteiger partial charge in [0.25, 0.3) is 0 Å². The molecule has 0 spiro atoms. The first-order valence-corrected chi connectivity index (χ1v) is 8.46. The van der Waals surface area contributed by atoms with Gasteiger partial charge in [-0.2, -0.15) is 0 Å². The minimum absolute atomic E-state index is 0.00435. The van der Waals surface area contributed by atoms with Crippen molar-refractivity contribution in [2.45, 2.75) is 18.9 Å². The van der Waals surface area contributed by atoms with Crippen molar-refractivity contribution in [1.29, 1.82) is 0 Å². The standard InChI is InChI=1S/C13H26N2O3S/c1-11(12-6-5-7-19(17,18)10-12)15(4)9-13(16)8-14(2)3/h12-13,16H,1,5-10H2,2-4H3. The second-order valence-corrected chi connectivity index (χ2v) is 7.97. The van der Waals surface area contributed by atoms with E-state index in [1.165, 1.54) is 0 Å². The molecule has 112 valence electrons. The SMILES string of the molecule is C=C(C1CCCS(=O)(=O)C1)N(C)CC(O)CN(C)C. The topological polar surface area (TPSA) is 60.9 Å². The predicted octanol–water partition coefficient (Wildman–Crippen LogP) is 0.179. The molecule has 0 amide bonds. The van der Waals surface area contributed by atoms with Crippen molar-refractivity contribution in [3.63, 3.8) is 0 Å². The molecule has 5 nitrogen and oxygen atoms in total. The lowest BCUT2D eigenvalue weighted by molar-refractivity contribution is 0.106. The van der Waals surface area contributed by atoms with E-state index in [0.717, 1.165) is 12.1 Å². The van der Waals surface area contributed by atoms with E-state index >= 15 is 0 Å². The third-order valence-electron chi connectivity index (χ3n) is 3.49. The molecule has 1 rings (SSSR count). The summed E-state index contributed by atoms with van der Waals surface area (Å²) in [6.07, 6.45) is 1.11. The van der Waals surface area contributed by atoms with Gasteiger partial charge in [0.15, 0.2) is 9.84 Å². The highest BCUT2D eigenvalue weighted by Gasteiger charge is 2.28. The molecule has 2 atom stereocenters. The summed E-state index contributed by atoms with van der Waals surface area (Å²) in [4.78, 5) is 3.81. The van der Waals surface area contributed by atoms with Crippen LogP contribution in [0.3, 0.4) is 0 Å². The highest BCUT2D eigenvalue weighted by atomic mass is 32.2. The molecule has 1 N–H and O–H groups in total. The van der Waals surface area contributed by atoms with Crippen molar-refractivity contribution < 1.29 is 13.5 Å². The molecule has 0 saturated carbocycles. The second-order valence-electron chi connectivity index (χ2n) is 5.74. The molecule has 0 aliphatic carbocycles. The number of likely N-dealkylation sites (N-methyl/N-ethyl adjacent to an activating group) is 2. The first-order chi connectivity index (χ1) is 8.71. The summed E-state index contributed by atoms with van der Waals surface area (Å²) in [5, 5.41) is 9.90. The molecule has 1 saturated heterocycles. The van der Waals surface area contributed by atoms with Crippen molar-refractivity contribution in [3.8, 4) is 0 Å². The normalized spacial score (nSPS) is 24.2. The maximum Gasteiger partial charge on any atom is 0.150 e. The van der Waals surface area contributed by atoms with Crippen LogP contribution < -0.4 is 0 Å². The highest BCUT2D eigenvalue weighted by molar-refractivity contribution is 7.91. The van der Waals surface area contributed by atoms with Crippen molar-refractivity contribution in [2.75, 3.05) is 45.7 Å². The van der Waals surface area contributed by atoms with Crippen LogP contribution in [0.4, 0.5) is 0 Å². The summed E-state index contributed by atoms with van der Waals surface area (Å²) in [5.74, 6) is 0.485. The second kappa shape index (κ2) is 6.72. The van der Waals surface area contributed by atoms with Gasteiger partial charge in [-0.15, -0.1) is 0 Å². The molecule has 0 aromatic rings. The summed E-state index contributed by atoms with van der Waals surface area (Å²) in [6, 6.07) is 0. The number of aliphatic hydroxyl groups excluding tert-OH is 1. The van der Waals surface area contributed by atoms with Gasteiger partial charge < -0.3 is 14.9 Å². The fourth-order valence-electron chi connectivity index (χ4n) is 2.51. The van der Waals surface area contributed by atoms with Gasteiger partial charge in [0.2, 0.25) is 0 Å². The summed E-state index contributed by atoms with van der Waals surface area (Å²) >= 11 is 0. The minimum Gasteiger partial charge on any atom is -0.390 e. The molecular weight excluding hydrogens is 264 g/mol. The monoisotopic (exact) mass is 290 g/mol. The maximum absolute atomic E-state index is 11.6. The van der Waals surface area contributed by atoms with Gasteiger partial charge in [-0.05, 0) is 26.9 Å². The van der Waals surface area contributed by atoms with Gasteiger partial charge in [-0.25, -0.2) is 8.42 Å². The number of sulfone groups is 1. The zero-order valence-electron chi connectivity index (χ0n) is 12.2. The van der Waals surface area contributed by atoms with Crippen molar-refractivity contribution >= 4 is 9.84 Å². The van der Waals surface area contributed by atoms with E-state index < -0.39 is 15.9 Å². The average molecular weight is 290 g/mol. The Morgan fingerprint density at radius 3 is 2.53 bits per heavy atom. The van der Waals surface area contributed by atoms with Crippen LogP contribution in [-0.2, 0) is 9.84 Å². The smallest absolute Gasteiger partial charge is 0.150 e. The van der Waals surface area contributed by atoms with Crippen molar-refractivity contribution in [1.82, 2.24) is 9.80 Å². The van der Waals surface area contributed by atoms with E-state index in [9.17, 15) is 13.5 Å². The molecule has 1 fully saturated rings. The Hall–Kier alpha value is -0.590. The predicted molar refractivity (Wildman–Crippen MR) is 77.7 cm³/mol. The van der Waals surface area contributed by atoms with Crippen LogP contribution in [0.1, 0.15) is 12.8 Å². The minimum atomic E-state index is -2.92. The Morgan fingerprint density at radius 2 is 2.00 bits per heavy atom. The molecule has 6 heteroatoms. The van der Waals surface area contributed by atoms with Crippen LogP contribution in [0.25, 0.3) is 0 Å².